The summed E-state index contributed by atoms with van der Waals surface area (Å²) in [5.74, 6) is 2.17. The normalized spacial score (nSPS) is 23.4. The van der Waals surface area contributed by atoms with Gasteiger partial charge in [0.05, 0.1) is 55.1 Å². The number of nitrogens with one attached hydrogen (secondary N) is 4. The van der Waals surface area contributed by atoms with Crippen molar-refractivity contribution in [1.29, 1.82) is 0 Å². The van der Waals surface area contributed by atoms with Crippen molar-refractivity contribution in [2.24, 2.45) is 17.8 Å². The van der Waals surface area contributed by atoms with Crippen LogP contribution in [0.2, 0.25) is 0 Å². The number of fused-ring (bicyclic) bond motifs is 2. The first kappa shape index (κ1) is 39.0. The molecule has 0 radical (unpaired) electrons. The van der Waals surface area contributed by atoms with E-state index in [1.165, 1.54) is 14.2 Å². The first-order chi connectivity index (χ1) is 28.2. The van der Waals surface area contributed by atoms with Crippen molar-refractivity contribution in [2.45, 2.75) is 69.4 Å². The molecule has 14 heteroatoms. The molecule has 0 spiro atoms. The number of likely N-dealkylation sites (tertiary alicyclic amines) is 1. The number of pyridine rings is 1. The molecule has 1 aliphatic heterocycles. The van der Waals surface area contributed by atoms with Gasteiger partial charge in [-0.2, -0.15) is 0 Å². The average Bonchev–Trinajstić information content (AvgIpc) is 4.13. The van der Waals surface area contributed by atoms with Crippen molar-refractivity contribution in [3.05, 3.63) is 103 Å². The van der Waals surface area contributed by atoms with Gasteiger partial charge in [0.15, 0.2) is 0 Å². The van der Waals surface area contributed by atoms with Gasteiger partial charge in [-0.3, -0.25) is 14.6 Å². The van der Waals surface area contributed by atoms with Gasteiger partial charge >= 0.3 is 6.09 Å². The second-order valence-electron chi connectivity index (χ2n) is 15.6. The number of ether oxygens (including phenoxy) is 3. The average molecular weight is 787 g/mol. The summed E-state index contributed by atoms with van der Waals surface area (Å²) in [6.07, 6.45) is 9.53. The van der Waals surface area contributed by atoms with Crippen LogP contribution in [0.25, 0.3) is 33.6 Å². The summed E-state index contributed by atoms with van der Waals surface area (Å²) in [5, 5.41) is 5.80. The molecule has 1 saturated heterocycles. The molecule has 8 atom stereocenters. The van der Waals surface area contributed by atoms with E-state index in [-0.39, 0.29) is 29.8 Å². The van der Waals surface area contributed by atoms with E-state index in [1.54, 1.807) is 37.5 Å². The van der Waals surface area contributed by atoms with E-state index in [0.717, 1.165) is 64.3 Å². The van der Waals surface area contributed by atoms with Crippen molar-refractivity contribution < 1.29 is 28.6 Å². The van der Waals surface area contributed by atoms with Crippen LogP contribution in [0, 0.1) is 17.8 Å². The summed E-state index contributed by atoms with van der Waals surface area (Å²) in [4.78, 5) is 61.9. The van der Waals surface area contributed by atoms with E-state index in [9.17, 15) is 14.4 Å². The highest BCUT2D eigenvalue weighted by atomic mass is 16.5. The van der Waals surface area contributed by atoms with Gasteiger partial charge < -0.3 is 39.7 Å². The molecule has 2 aliphatic carbocycles. The van der Waals surface area contributed by atoms with Gasteiger partial charge in [0.25, 0.3) is 0 Å². The Hall–Kier alpha value is -5.86. The zero-order valence-electron chi connectivity index (χ0n) is 33.2. The highest BCUT2D eigenvalue weighted by Gasteiger charge is 2.52. The number of amides is 3. The number of hydrogen-bond donors (Lipinski definition) is 4. The third kappa shape index (κ3) is 7.86. The van der Waals surface area contributed by atoms with Crippen LogP contribution in [0.1, 0.15) is 61.8 Å². The molecule has 14 nitrogen and oxygen atoms in total. The molecule has 5 aromatic rings. The van der Waals surface area contributed by atoms with Crippen LogP contribution in [0.3, 0.4) is 0 Å². The number of rotatable bonds is 13. The predicted molar refractivity (Wildman–Crippen MR) is 216 cm³/mol. The molecule has 2 bridgehead atoms. The predicted octanol–water partition coefficient (Wildman–Crippen LogP) is 6.02. The Bertz CT molecular complexity index is 2210. The van der Waals surface area contributed by atoms with E-state index in [0.29, 0.717) is 37.2 Å². The van der Waals surface area contributed by atoms with E-state index >= 15 is 0 Å². The fourth-order valence-corrected chi connectivity index (χ4v) is 9.21. The van der Waals surface area contributed by atoms with Gasteiger partial charge in [0, 0.05) is 52.0 Å². The van der Waals surface area contributed by atoms with E-state index in [2.05, 4.69) is 67.0 Å². The minimum absolute atomic E-state index is 0.0828. The lowest BCUT2D eigenvalue weighted by Crippen LogP contribution is -2.54. The van der Waals surface area contributed by atoms with Gasteiger partial charge in [0.2, 0.25) is 11.8 Å². The van der Waals surface area contributed by atoms with Crippen LogP contribution in [-0.4, -0.2) is 93.9 Å². The first-order valence-corrected chi connectivity index (χ1v) is 19.9. The Balaban J connectivity index is 0.931. The maximum atomic E-state index is 13.8. The molecule has 4 heterocycles. The molecule has 2 saturated carbocycles. The number of hydrogen-bond acceptors (Lipinski definition) is 9. The lowest BCUT2D eigenvalue weighted by Gasteiger charge is -2.30. The largest absolute Gasteiger partial charge is 0.453 e. The molecule has 2 aromatic carbocycles. The number of carbonyl (C=O) groups excluding carboxylic acids is 3. The molecule has 302 valence electrons. The standard InChI is InChI=1S/C44H50N8O6/c1-25(56-2)39(51-44(55)58-4)43(54)52-24-33(57-3)19-36(52)40-46-22-34(49-40)29-11-7-27(8-12-29)28-9-13-30(14-10-28)35-23-47-41(50-35)37-31-15-16-32(18-31)38(37)42(53)48-21-26-6-5-17-45-20-26/h5-14,17,20,22-23,25,31-33,36-39H,15-16,18-19,21,24H2,1-4H3,(H,46,49)(H,47,50)(H,48,53)(H,51,55)/t25-,31?,32?,33+,36+,37+,38?,39+/m1/s1. The second kappa shape index (κ2) is 16.9. The second-order valence-corrected chi connectivity index (χ2v) is 15.6. The minimum atomic E-state index is -0.952. The highest BCUT2D eigenvalue weighted by molar-refractivity contribution is 5.87. The van der Waals surface area contributed by atoms with Crippen LogP contribution in [0.15, 0.2) is 85.5 Å². The minimum Gasteiger partial charge on any atom is -0.453 e. The molecule has 8 rings (SSSR count). The fourth-order valence-electron chi connectivity index (χ4n) is 9.21. The molecule has 3 aliphatic rings. The number of H-pyrrole nitrogens is 2. The van der Waals surface area contributed by atoms with Crippen molar-refractivity contribution in [2.75, 3.05) is 27.9 Å². The quantitative estimate of drug-likeness (QED) is 0.111. The maximum absolute atomic E-state index is 13.8. The van der Waals surface area contributed by atoms with Gasteiger partial charge in [-0.05, 0) is 71.9 Å². The highest BCUT2D eigenvalue weighted by Crippen LogP contribution is 2.56. The van der Waals surface area contributed by atoms with Crippen molar-refractivity contribution >= 4 is 17.9 Å². The fraction of sp³-hybridized carbons (Fsp3) is 0.409. The Morgan fingerprint density at radius 3 is 2.09 bits per heavy atom. The van der Waals surface area contributed by atoms with Crippen molar-refractivity contribution in [3.8, 4) is 33.6 Å². The number of imidazole rings is 2. The molecule has 4 N–H and O–H groups in total. The summed E-state index contributed by atoms with van der Waals surface area (Å²) >= 11 is 0. The van der Waals surface area contributed by atoms with Crippen LogP contribution in [0.5, 0.6) is 0 Å². The van der Waals surface area contributed by atoms with Crippen molar-refractivity contribution in [1.82, 2.24) is 40.5 Å². The van der Waals surface area contributed by atoms with Crippen LogP contribution in [-0.2, 0) is 30.3 Å². The summed E-state index contributed by atoms with van der Waals surface area (Å²) in [5.41, 5.74) is 6.87. The zero-order chi connectivity index (χ0) is 40.3. The van der Waals surface area contributed by atoms with E-state index in [1.807, 2.05) is 30.5 Å². The molecule has 3 amide bonds. The third-order valence-electron chi connectivity index (χ3n) is 12.4. The van der Waals surface area contributed by atoms with Gasteiger partial charge in [-0.25, -0.2) is 14.8 Å². The maximum Gasteiger partial charge on any atom is 0.407 e. The Morgan fingerprint density at radius 1 is 0.828 bits per heavy atom. The SMILES string of the molecule is COC(=O)N[C@H](C(=O)N1C[C@@H](OC)C[C@H]1c1ncc(-c2ccc(-c3ccc(-c4cnc([C@H]5C6CCC(C6)C5C(=O)NCc5cccnc5)[nH]4)cc3)cc2)[nH]1)[C@@H](C)OC. The zero-order valence-corrected chi connectivity index (χ0v) is 33.2. The molecule has 58 heavy (non-hydrogen) atoms. The molecule has 3 unspecified atom stereocenters. The Kier molecular flexibility index (Phi) is 11.4. The molecular formula is C44H50N8O6. The molecule has 3 aromatic heterocycles. The van der Waals surface area contributed by atoms with E-state index in [4.69, 9.17) is 19.2 Å². The number of aromatic nitrogens is 5. The summed E-state index contributed by atoms with van der Waals surface area (Å²) < 4.78 is 15.8. The number of aromatic amines is 2. The van der Waals surface area contributed by atoms with Crippen LogP contribution in [0.4, 0.5) is 4.79 Å². The number of alkyl carbamates (subject to hydrolysis) is 1. The smallest absolute Gasteiger partial charge is 0.407 e. The van der Waals surface area contributed by atoms with Crippen molar-refractivity contribution in [3.63, 3.8) is 0 Å². The van der Waals surface area contributed by atoms with Gasteiger partial charge in [-0.15, -0.1) is 0 Å². The van der Waals surface area contributed by atoms with Crippen LogP contribution >= 0.6 is 0 Å². The van der Waals surface area contributed by atoms with Gasteiger partial charge in [-0.1, -0.05) is 54.6 Å². The Labute approximate surface area is 337 Å². The Morgan fingerprint density at radius 2 is 1.47 bits per heavy atom. The number of nitrogens with zero attached hydrogens (tertiary/aromatic N) is 4. The number of carbonyl (C=O) groups is 3. The lowest BCUT2D eigenvalue weighted by atomic mass is 9.78. The first-order valence-electron chi connectivity index (χ1n) is 19.9. The van der Waals surface area contributed by atoms with Crippen LogP contribution < -0.4 is 10.6 Å². The lowest BCUT2D eigenvalue weighted by molar-refractivity contribution is -0.138. The summed E-state index contributed by atoms with van der Waals surface area (Å²) in [6, 6.07) is 19.2. The monoisotopic (exact) mass is 786 g/mol. The summed E-state index contributed by atoms with van der Waals surface area (Å²) in [7, 11) is 4.37. The number of benzene rings is 2. The molecule has 3 fully saturated rings. The molecular weight excluding hydrogens is 737 g/mol. The number of methoxy groups -OCH3 is 3. The topological polar surface area (TPSA) is 176 Å². The summed E-state index contributed by atoms with van der Waals surface area (Å²) in [6.45, 7) is 2.54. The van der Waals surface area contributed by atoms with E-state index < -0.39 is 24.3 Å². The van der Waals surface area contributed by atoms with Gasteiger partial charge in [0.1, 0.15) is 17.7 Å². The third-order valence-corrected chi connectivity index (χ3v) is 12.4.